The van der Waals surface area contributed by atoms with Crippen LogP contribution in [0.15, 0.2) is 80.4 Å². The second-order valence-electron chi connectivity index (χ2n) is 6.79. The van der Waals surface area contributed by atoms with Gasteiger partial charge in [-0.05, 0) is 55.3 Å². The minimum absolute atomic E-state index is 0.114. The van der Waals surface area contributed by atoms with Crippen LogP contribution in [0.5, 0.6) is 5.75 Å². The fraction of sp³-hybridized carbons (Fsp3) is 0.0833. The molecular formula is C24H17BrO4. The van der Waals surface area contributed by atoms with Crippen molar-refractivity contribution >= 4 is 32.9 Å². The molecule has 1 heterocycles. The average Bonchev–Trinajstić information content (AvgIpc) is 2.72. The lowest BCUT2D eigenvalue weighted by Crippen LogP contribution is -2.16. The highest BCUT2D eigenvalue weighted by molar-refractivity contribution is 9.10. The number of rotatable bonds is 3. The quantitative estimate of drug-likeness (QED) is 0.357. The largest absolute Gasteiger partial charge is 0.452 e. The lowest BCUT2D eigenvalue weighted by molar-refractivity contribution is 0.0731. The first-order chi connectivity index (χ1) is 13.9. The Labute approximate surface area is 175 Å². The molecule has 0 aliphatic carbocycles. The average molecular weight is 449 g/mol. The van der Waals surface area contributed by atoms with E-state index >= 15 is 0 Å². The Bertz CT molecular complexity index is 1290. The molecule has 0 aliphatic rings. The number of hydrogen-bond acceptors (Lipinski definition) is 4. The minimum atomic E-state index is -0.626. The van der Waals surface area contributed by atoms with E-state index in [0.29, 0.717) is 22.1 Å². The first-order valence-corrected chi connectivity index (χ1v) is 9.84. The summed E-state index contributed by atoms with van der Waals surface area (Å²) < 4.78 is 12.4. The Hall–Kier alpha value is -3.18. The molecule has 0 saturated heterocycles. The van der Waals surface area contributed by atoms with Crippen LogP contribution in [0.4, 0.5) is 0 Å². The number of aryl methyl sites for hydroxylation is 2. The molecule has 1 aromatic heterocycles. The highest BCUT2D eigenvalue weighted by Gasteiger charge is 2.21. The summed E-state index contributed by atoms with van der Waals surface area (Å²) in [6.45, 7) is 3.88. The van der Waals surface area contributed by atoms with E-state index in [-0.39, 0.29) is 16.9 Å². The number of benzene rings is 3. The van der Waals surface area contributed by atoms with Crippen LogP contribution in [0, 0.1) is 13.8 Å². The van der Waals surface area contributed by atoms with Crippen molar-refractivity contribution in [2.24, 2.45) is 0 Å². The fourth-order valence-corrected chi connectivity index (χ4v) is 3.47. The number of ether oxygens (including phenoxy) is 1. The van der Waals surface area contributed by atoms with E-state index in [0.717, 1.165) is 15.6 Å². The molecule has 0 N–H and O–H groups in total. The van der Waals surface area contributed by atoms with Crippen molar-refractivity contribution in [1.82, 2.24) is 0 Å². The van der Waals surface area contributed by atoms with Crippen molar-refractivity contribution in [1.29, 1.82) is 0 Å². The van der Waals surface area contributed by atoms with Gasteiger partial charge < -0.3 is 9.15 Å². The summed E-state index contributed by atoms with van der Waals surface area (Å²) in [6, 6.07) is 19.5. The predicted octanol–water partition coefficient (Wildman–Crippen LogP) is 6.06. The van der Waals surface area contributed by atoms with Crippen molar-refractivity contribution in [3.8, 4) is 17.1 Å². The zero-order valence-corrected chi connectivity index (χ0v) is 17.4. The Morgan fingerprint density at radius 3 is 2.38 bits per heavy atom. The topological polar surface area (TPSA) is 56.5 Å². The SMILES string of the molecule is Cc1cc2oc(-c3ccccc3)c(OC(=O)c3cccc(Br)c3)c(=O)c2cc1C. The number of esters is 1. The van der Waals surface area contributed by atoms with Gasteiger partial charge in [-0.1, -0.05) is 52.3 Å². The predicted molar refractivity (Wildman–Crippen MR) is 116 cm³/mol. The van der Waals surface area contributed by atoms with Crippen LogP contribution in [0.2, 0.25) is 0 Å². The fourth-order valence-electron chi connectivity index (χ4n) is 3.07. The van der Waals surface area contributed by atoms with Crippen LogP contribution >= 0.6 is 15.9 Å². The molecule has 0 spiro atoms. The minimum Gasteiger partial charge on any atom is -0.452 e. The smallest absolute Gasteiger partial charge is 0.343 e. The summed E-state index contributed by atoms with van der Waals surface area (Å²) in [5.41, 5.74) is 3.04. The molecule has 4 aromatic rings. The summed E-state index contributed by atoms with van der Waals surface area (Å²) in [5.74, 6) is -0.509. The van der Waals surface area contributed by atoms with Gasteiger partial charge in [0.1, 0.15) is 5.58 Å². The van der Waals surface area contributed by atoms with Crippen LogP contribution in [0.25, 0.3) is 22.3 Å². The Kier molecular flexibility index (Phi) is 5.07. The Balaban J connectivity index is 1.93. The number of halogens is 1. The van der Waals surface area contributed by atoms with Crippen LogP contribution in [0.3, 0.4) is 0 Å². The van der Waals surface area contributed by atoms with Gasteiger partial charge in [0.25, 0.3) is 0 Å². The van der Waals surface area contributed by atoms with Crippen LogP contribution in [0.1, 0.15) is 21.5 Å². The zero-order valence-electron chi connectivity index (χ0n) is 15.9. The Morgan fingerprint density at radius 1 is 0.931 bits per heavy atom. The first kappa shape index (κ1) is 19.2. The monoisotopic (exact) mass is 448 g/mol. The van der Waals surface area contributed by atoms with E-state index in [9.17, 15) is 9.59 Å². The summed E-state index contributed by atoms with van der Waals surface area (Å²) in [5, 5.41) is 0.379. The van der Waals surface area contributed by atoms with Crippen molar-refractivity contribution in [3.05, 3.63) is 98.1 Å². The van der Waals surface area contributed by atoms with E-state index in [4.69, 9.17) is 9.15 Å². The normalized spacial score (nSPS) is 10.9. The van der Waals surface area contributed by atoms with E-state index < -0.39 is 5.97 Å². The van der Waals surface area contributed by atoms with E-state index in [1.54, 1.807) is 24.3 Å². The molecule has 0 amide bonds. The van der Waals surface area contributed by atoms with E-state index in [1.165, 1.54) is 0 Å². The van der Waals surface area contributed by atoms with Gasteiger partial charge in [0.2, 0.25) is 11.2 Å². The van der Waals surface area contributed by atoms with Gasteiger partial charge in [-0.25, -0.2) is 4.79 Å². The standard InChI is InChI=1S/C24H17BrO4/c1-14-11-19-20(12-15(14)2)28-22(16-7-4-3-5-8-16)23(21(19)26)29-24(27)17-9-6-10-18(25)13-17/h3-13H,1-2H3. The van der Waals surface area contributed by atoms with Crippen molar-refractivity contribution in [2.45, 2.75) is 13.8 Å². The van der Waals surface area contributed by atoms with Gasteiger partial charge in [-0.3, -0.25) is 4.79 Å². The number of carbonyl (C=O) groups is 1. The molecule has 0 atom stereocenters. The van der Waals surface area contributed by atoms with Crippen molar-refractivity contribution in [2.75, 3.05) is 0 Å². The molecule has 5 heteroatoms. The first-order valence-electron chi connectivity index (χ1n) is 9.05. The van der Waals surface area contributed by atoms with E-state index in [2.05, 4.69) is 15.9 Å². The molecule has 144 valence electrons. The third-order valence-electron chi connectivity index (χ3n) is 4.76. The molecule has 0 saturated carbocycles. The summed E-state index contributed by atoms with van der Waals surface area (Å²) >= 11 is 3.34. The molecule has 29 heavy (non-hydrogen) atoms. The molecule has 0 fully saturated rings. The second kappa shape index (κ2) is 7.68. The van der Waals surface area contributed by atoms with E-state index in [1.807, 2.05) is 56.3 Å². The molecule has 0 bridgehead atoms. The van der Waals surface area contributed by atoms with Crippen molar-refractivity contribution < 1.29 is 13.9 Å². The van der Waals surface area contributed by atoms with Gasteiger partial charge in [0.15, 0.2) is 5.76 Å². The van der Waals surface area contributed by atoms with Crippen LogP contribution < -0.4 is 10.2 Å². The highest BCUT2D eigenvalue weighted by atomic mass is 79.9. The third kappa shape index (κ3) is 3.74. The lowest BCUT2D eigenvalue weighted by atomic mass is 10.0. The number of carbonyl (C=O) groups excluding carboxylic acids is 1. The molecule has 4 rings (SSSR count). The zero-order chi connectivity index (χ0) is 20.5. The lowest BCUT2D eigenvalue weighted by Gasteiger charge is -2.12. The molecule has 0 radical (unpaired) electrons. The van der Waals surface area contributed by atoms with Gasteiger partial charge in [0, 0.05) is 10.0 Å². The highest BCUT2D eigenvalue weighted by Crippen LogP contribution is 2.32. The number of fused-ring (bicyclic) bond motifs is 1. The third-order valence-corrected chi connectivity index (χ3v) is 5.25. The maximum atomic E-state index is 13.3. The maximum absolute atomic E-state index is 13.3. The molecular weight excluding hydrogens is 432 g/mol. The van der Waals surface area contributed by atoms with Gasteiger partial charge in [-0.15, -0.1) is 0 Å². The maximum Gasteiger partial charge on any atom is 0.343 e. The molecule has 4 nitrogen and oxygen atoms in total. The van der Waals surface area contributed by atoms with Gasteiger partial charge in [-0.2, -0.15) is 0 Å². The van der Waals surface area contributed by atoms with Crippen molar-refractivity contribution in [3.63, 3.8) is 0 Å². The summed E-state index contributed by atoms with van der Waals surface area (Å²) in [6.07, 6.45) is 0. The molecule has 0 unspecified atom stereocenters. The Morgan fingerprint density at radius 2 is 1.66 bits per heavy atom. The van der Waals surface area contributed by atoms with Crippen LogP contribution in [-0.4, -0.2) is 5.97 Å². The second-order valence-corrected chi connectivity index (χ2v) is 7.70. The van der Waals surface area contributed by atoms with Gasteiger partial charge >= 0.3 is 5.97 Å². The summed E-state index contributed by atoms with van der Waals surface area (Å²) in [4.78, 5) is 26.0. The van der Waals surface area contributed by atoms with Gasteiger partial charge in [0.05, 0.1) is 10.9 Å². The van der Waals surface area contributed by atoms with Crippen LogP contribution in [-0.2, 0) is 0 Å². The summed E-state index contributed by atoms with van der Waals surface area (Å²) in [7, 11) is 0. The molecule has 3 aromatic carbocycles. The molecule has 0 aliphatic heterocycles. The number of hydrogen-bond donors (Lipinski definition) is 0.